The third-order valence-corrected chi connectivity index (χ3v) is 3.03. The van der Waals surface area contributed by atoms with Crippen molar-refractivity contribution < 1.29 is 4.39 Å². The van der Waals surface area contributed by atoms with E-state index >= 15 is 0 Å². The molecule has 0 amide bonds. The molecule has 2 rings (SSSR count). The van der Waals surface area contributed by atoms with Crippen LogP contribution in [0.25, 0.3) is 0 Å². The number of halogens is 1. The second-order valence-corrected chi connectivity index (χ2v) is 4.26. The lowest BCUT2D eigenvalue weighted by atomic mass is 10.1. The normalized spacial score (nSPS) is 12.6. The second kappa shape index (κ2) is 5.78. The van der Waals surface area contributed by atoms with E-state index in [1.807, 2.05) is 36.7 Å². The summed E-state index contributed by atoms with van der Waals surface area (Å²) in [5.74, 6) is 0.774. The number of hydrogen-bond acceptors (Lipinski definition) is 2. The van der Waals surface area contributed by atoms with Crippen molar-refractivity contribution in [2.45, 2.75) is 26.4 Å². The Hall–Kier alpha value is -1.68. The zero-order chi connectivity index (χ0) is 13.0. The molecular formula is C14H18FN3. The molecule has 0 aliphatic carbocycles. The second-order valence-electron chi connectivity index (χ2n) is 4.26. The van der Waals surface area contributed by atoms with Crippen LogP contribution in [0, 0.1) is 12.7 Å². The molecule has 1 N–H and O–H groups in total. The number of aryl methyl sites for hydroxylation is 1. The number of nitrogens with zero attached hydrogens (tertiary/aromatic N) is 2. The van der Waals surface area contributed by atoms with E-state index in [1.54, 1.807) is 12.3 Å². The molecule has 0 saturated heterocycles. The van der Waals surface area contributed by atoms with Crippen LogP contribution in [0.2, 0.25) is 0 Å². The van der Waals surface area contributed by atoms with Gasteiger partial charge in [-0.3, -0.25) is 0 Å². The third-order valence-electron chi connectivity index (χ3n) is 3.03. The van der Waals surface area contributed by atoms with Crippen LogP contribution in [-0.4, -0.2) is 16.1 Å². The van der Waals surface area contributed by atoms with Gasteiger partial charge in [0.2, 0.25) is 0 Å². The molecule has 0 saturated carbocycles. The number of likely N-dealkylation sites (N-methyl/N-ethyl adjacent to an activating group) is 1. The summed E-state index contributed by atoms with van der Waals surface area (Å²) >= 11 is 0. The lowest BCUT2D eigenvalue weighted by Gasteiger charge is -2.20. The van der Waals surface area contributed by atoms with Crippen LogP contribution in [0.15, 0.2) is 36.7 Å². The Balaban J connectivity index is 2.24. The first-order valence-electron chi connectivity index (χ1n) is 6.18. The molecule has 18 heavy (non-hydrogen) atoms. The molecule has 0 aliphatic rings. The SMILES string of the molecule is CCNC(Cn1ccnc1C)c1ccccc1F. The van der Waals surface area contributed by atoms with Crippen LogP contribution in [0.3, 0.4) is 0 Å². The van der Waals surface area contributed by atoms with E-state index in [2.05, 4.69) is 10.3 Å². The van der Waals surface area contributed by atoms with Crippen LogP contribution in [0.1, 0.15) is 24.4 Å². The number of nitrogens with one attached hydrogen (secondary N) is 1. The molecule has 1 heterocycles. The van der Waals surface area contributed by atoms with Crippen molar-refractivity contribution in [3.05, 3.63) is 53.9 Å². The highest BCUT2D eigenvalue weighted by atomic mass is 19.1. The maximum absolute atomic E-state index is 13.8. The van der Waals surface area contributed by atoms with Crippen LogP contribution < -0.4 is 5.32 Å². The highest BCUT2D eigenvalue weighted by molar-refractivity contribution is 5.21. The van der Waals surface area contributed by atoms with Crippen LogP contribution >= 0.6 is 0 Å². The Kier molecular flexibility index (Phi) is 4.10. The molecule has 4 heteroatoms. The molecule has 3 nitrogen and oxygen atoms in total. The first-order valence-corrected chi connectivity index (χ1v) is 6.18. The van der Waals surface area contributed by atoms with Crippen molar-refractivity contribution in [3.63, 3.8) is 0 Å². The minimum atomic E-state index is -0.166. The largest absolute Gasteiger partial charge is 0.333 e. The molecule has 1 atom stereocenters. The predicted molar refractivity (Wildman–Crippen MR) is 69.8 cm³/mol. The van der Waals surface area contributed by atoms with Gasteiger partial charge in [-0.15, -0.1) is 0 Å². The summed E-state index contributed by atoms with van der Waals surface area (Å²) in [5, 5.41) is 3.32. The lowest BCUT2D eigenvalue weighted by Crippen LogP contribution is -2.26. The van der Waals surface area contributed by atoms with Crippen molar-refractivity contribution in [3.8, 4) is 0 Å². The molecular weight excluding hydrogens is 229 g/mol. The van der Waals surface area contributed by atoms with E-state index < -0.39 is 0 Å². The highest BCUT2D eigenvalue weighted by Gasteiger charge is 2.15. The number of imidazole rings is 1. The standard InChI is InChI=1S/C14H18FN3/c1-3-16-14(10-18-9-8-17-11(18)2)12-6-4-5-7-13(12)15/h4-9,14,16H,3,10H2,1-2H3. The molecule has 1 aromatic heterocycles. The predicted octanol–water partition coefficient (Wildman–Crippen LogP) is 2.68. The smallest absolute Gasteiger partial charge is 0.128 e. The van der Waals surface area contributed by atoms with Crippen LogP contribution in [0.4, 0.5) is 4.39 Å². The maximum atomic E-state index is 13.8. The summed E-state index contributed by atoms with van der Waals surface area (Å²) in [6.07, 6.45) is 3.68. The van der Waals surface area contributed by atoms with Gasteiger partial charge < -0.3 is 9.88 Å². The van der Waals surface area contributed by atoms with Crippen molar-refractivity contribution in [2.24, 2.45) is 0 Å². The topological polar surface area (TPSA) is 29.9 Å². The van der Waals surface area contributed by atoms with Gasteiger partial charge in [0, 0.05) is 24.5 Å². The molecule has 0 spiro atoms. The lowest BCUT2D eigenvalue weighted by molar-refractivity contribution is 0.449. The Morgan fingerprint density at radius 2 is 2.17 bits per heavy atom. The Morgan fingerprint density at radius 3 is 2.78 bits per heavy atom. The minimum absolute atomic E-state index is 0.0379. The molecule has 0 aliphatic heterocycles. The van der Waals surface area contributed by atoms with Crippen molar-refractivity contribution in [1.29, 1.82) is 0 Å². The van der Waals surface area contributed by atoms with Gasteiger partial charge in [0.25, 0.3) is 0 Å². The van der Waals surface area contributed by atoms with E-state index in [4.69, 9.17) is 0 Å². The fourth-order valence-corrected chi connectivity index (χ4v) is 2.07. The average molecular weight is 247 g/mol. The summed E-state index contributed by atoms with van der Waals surface area (Å²) < 4.78 is 15.9. The molecule has 1 aromatic carbocycles. The average Bonchev–Trinajstić information content (AvgIpc) is 2.75. The fraction of sp³-hybridized carbons (Fsp3) is 0.357. The van der Waals surface area contributed by atoms with E-state index in [9.17, 15) is 4.39 Å². The summed E-state index contributed by atoms with van der Waals surface area (Å²) in [4.78, 5) is 4.19. The molecule has 2 aromatic rings. The molecule has 0 radical (unpaired) electrons. The molecule has 0 bridgehead atoms. The van der Waals surface area contributed by atoms with Gasteiger partial charge in [-0.2, -0.15) is 0 Å². The van der Waals surface area contributed by atoms with Crippen molar-refractivity contribution in [2.75, 3.05) is 6.54 Å². The minimum Gasteiger partial charge on any atom is -0.333 e. The third kappa shape index (κ3) is 2.76. The number of rotatable bonds is 5. The molecule has 96 valence electrons. The number of aromatic nitrogens is 2. The van der Waals surface area contributed by atoms with Gasteiger partial charge in [-0.05, 0) is 19.5 Å². The Morgan fingerprint density at radius 1 is 1.39 bits per heavy atom. The number of hydrogen-bond donors (Lipinski definition) is 1. The van der Waals surface area contributed by atoms with Crippen molar-refractivity contribution >= 4 is 0 Å². The zero-order valence-electron chi connectivity index (χ0n) is 10.7. The first-order chi connectivity index (χ1) is 8.72. The fourth-order valence-electron chi connectivity index (χ4n) is 2.07. The van der Waals surface area contributed by atoms with E-state index in [-0.39, 0.29) is 11.9 Å². The molecule has 0 fully saturated rings. The quantitative estimate of drug-likeness (QED) is 0.880. The van der Waals surface area contributed by atoms with Gasteiger partial charge in [0.05, 0.1) is 6.04 Å². The van der Waals surface area contributed by atoms with Gasteiger partial charge in [0.1, 0.15) is 11.6 Å². The van der Waals surface area contributed by atoms with Gasteiger partial charge in [-0.25, -0.2) is 9.37 Å². The van der Waals surface area contributed by atoms with E-state index in [1.165, 1.54) is 6.07 Å². The van der Waals surface area contributed by atoms with Crippen LogP contribution in [0.5, 0.6) is 0 Å². The first kappa shape index (κ1) is 12.8. The summed E-state index contributed by atoms with van der Waals surface area (Å²) in [6, 6.07) is 6.87. The van der Waals surface area contributed by atoms with Gasteiger partial charge in [0.15, 0.2) is 0 Å². The van der Waals surface area contributed by atoms with Crippen molar-refractivity contribution in [1.82, 2.24) is 14.9 Å². The van der Waals surface area contributed by atoms with E-state index in [0.29, 0.717) is 12.1 Å². The van der Waals surface area contributed by atoms with Crippen LogP contribution in [-0.2, 0) is 6.54 Å². The Bertz CT molecular complexity index is 507. The summed E-state index contributed by atoms with van der Waals surface area (Å²) in [7, 11) is 0. The number of benzene rings is 1. The molecule has 1 unspecified atom stereocenters. The highest BCUT2D eigenvalue weighted by Crippen LogP contribution is 2.19. The van der Waals surface area contributed by atoms with Gasteiger partial charge >= 0.3 is 0 Å². The van der Waals surface area contributed by atoms with E-state index in [0.717, 1.165) is 12.4 Å². The monoisotopic (exact) mass is 247 g/mol. The summed E-state index contributed by atoms with van der Waals surface area (Å²) in [5.41, 5.74) is 0.701. The Labute approximate surface area is 107 Å². The van der Waals surface area contributed by atoms with Gasteiger partial charge in [-0.1, -0.05) is 25.1 Å². The zero-order valence-corrected chi connectivity index (χ0v) is 10.7. The maximum Gasteiger partial charge on any atom is 0.128 e. The summed E-state index contributed by atoms with van der Waals surface area (Å²) in [6.45, 7) is 5.45.